The highest BCUT2D eigenvalue weighted by molar-refractivity contribution is 7.09. The average molecular weight is 375 g/mol. The molecule has 26 heavy (non-hydrogen) atoms. The average Bonchev–Trinajstić information content (AvgIpc) is 3.32. The number of nitrogens with one attached hydrogen (secondary N) is 1. The third-order valence-corrected chi connectivity index (χ3v) is 6.01. The van der Waals surface area contributed by atoms with Crippen LogP contribution in [-0.2, 0) is 6.54 Å². The summed E-state index contributed by atoms with van der Waals surface area (Å²) in [4.78, 5) is 21.6. The van der Waals surface area contributed by atoms with Crippen molar-refractivity contribution in [3.8, 4) is 0 Å². The van der Waals surface area contributed by atoms with E-state index in [-0.39, 0.29) is 5.91 Å². The zero-order valence-corrected chi connectivity index (χ0v) is 16.0. The van der Waals surface area contributed by atoms with Gasteiger partial charge in [0.05, 0.1) is 16.7 Å². The summed E-state index contributed by atoms with van der Waals surface area (Å²) in [5.74, 6) is 0.0525. The Bertz CT molecular complexity index is 742. The van der Waals surface area contributed by atoms with Crippen LogP contribution in [0.3, 0.4) is 0 Å². The molecule has 1 unspecified atom stereocenters. The molecule has 0 spiro atoms. The zero-order valence-electron chi connectivity index (χ0n) is 15.2. The molecule has 0 bridgehead atoms. The van der Waals surface area contributed by atoms with Crippen molar-refractivity contribution in [2.75, 3.05) is 39.3 Å². The van der Waals surface area contributed by atoms with E-state index in [1.54, 1.807) is 11.3 Å². The second-order valence-electron chi connectivity index (χ2n) is 7.11. The number of piperidine rings is 1. The lowest BCUT2D eigenvalue weighted by atomic mass is 10.1. The molecule has 0 aromatic carbocycles. The summed E-state index contributed by atoms with van der Waals surface area (Å²) < 4.78 is 1.96. The predicted molar refractivity (Wildman–Crippen MR) is 101 cm³/mol. The fraction of sp³-hybridized carbons (Fsp3) is 0.611. The highest BCUT2D eigenvalue weighted by Gasteiger charge is 2.25. The van der Waals surface area contributed by atoms with Crippen molar-refractivity contribution in [2.45, 2.75) is 32.4 Å². The van der Waals surface area contributed by atoms with Gasteiger partial charge in [-0.25, -0.2) is 4.98 Å². The molecule has 2 fully saturated rings. The summed E-state index contributed by atoms with van der Waals surface area (Å²) in [7, 11) is 0. The molecular formula is C18H26N6OS. The highest BCUT2D eigenvalue weighted by atomic mass is 32.1. The van der Waals surface area contributed by atoms with Gasteiger partial charge in [0.15, 0.2) is 0 Å². The van der Waals surface area contributed by atoms with Crippen LogP contribution in [0.25, 0.3) is 0 Å². The maximum absolute atomic E-state index is 12.8. The van der Waals surface area contributed by atoms with Crippen LogP contribution in [0.5, 0.6) is 0 Å². The van der Waals surface area contributed by atoms with E-state index in [1.165, 1.54) is 0 Å². The molecule has 0 aliphatic carbocycles. The van der Waals surface area contributed by atoms with E-state index in [9.17, 15) is 4.79 Å². The SMILES string of the molecule is Cc1nc(CN2CCN(C(=O)c3ccn(C4CCCNC4)n3)CC2)cs1. The Morgan fingerprint density at radius 2 is 2.19 bits per heavy atom. The molecule has 1 amide bonds. The molecule has 0 saturated carbocycles. The van der Waals surface area contributed by atoms with Crippen molar-refractivity contribution in [3.05, 3.63) is 34.0 Å². The Morgan fingerprint density at radius 1 is 1.35 bits per heavy atom. The summed E-state index contributed by atoms with van der Waals surface area (Å²) in [5.41, 5.74) is 1.70. The van der Waals surface area contributed by atoms with E-state index in [4.69, 9.17) is 0 Å². The fourth-order valence-electron chi connectivity index (χ4n) is 3.70. The minimum atomic E-state index is 0.0525. The Morgan fingerprint density at radius 3 is 2.88 bits per heavy atom. The summed E-state index contributed by atoms with van der Waals surface area (Å²) in [6.45, 7) is 8.19. The quantitative estimate of drug-likeness (QED) is 0.879. The van der Waals surface area contributed by atoms with Crippen LogP contribution in [0, 0.1) is 6.92 Å². The van der Waals surface area contributed by atoms with Crippen molar-refractivity contribution in [2.24, 2.45) is 0 Å². The van der Waals surface area contributed by atoms with Gasteiger partial charge in [-0.2, -0.15) is 5.10 Å². The largest absolute Gasteiger partial charge is 0.335 e. The number of nitrogens with zero attached hydrogens (tertiary/aromatic N) is 5. The molecule has 7 nitrogen and oxygen atoms in total. The third kappa shape index (κ3) is 3.97. The summed E-state index contributed by atoms with van der Waals surface area (Å²) in [5, 5.41) is 11.2. The molecular weight excluding hydrogens is 348 g/mol. The van der Waals surface area contributed by atoms with Crippen molar-refractivity contribution < 1.29 is 4.79 Å². The number of amides is 1. The summed E-state index contributed by atoms with van der Waals surface area (Å²) in [6.07, 6.45) is 4.23. The monoisotopic (exact) mass is 374 g/mol. The van der Waals surface area contributed by atoms with Crippen molar-refractivity contribution in [3.63, 3.8) is 0 Å². The predicted octanol–water partition coefficient (Wildman–Crippen LogP) is 1.53. The lowest BCUT2D eigenvalue weighted by Gasteiger charge is -2.34. The van der Waals surface area contributed by atoms with Gasteiger partial charge in [-0.1, -0.05) is 0 Å². The van der Waals surface area contributed by atoms with Gasteiger partial charge in [-0.3, -0.25) is 14.4 Å². The molecule has 2 aliphatic rings. The van der Waals surface area contributed by atoms with Crippen molar-refractivity contribution in [1.29, 1.82) is 0 Å². The smallest absolute Gasteiger partial charge is 0.274 e. The third-order valence-electron chi connectivity index (χ3n) is 5.18. The van der Waals surface area contributed by atoms with Gasteiger partial charge < -0.3 is 10.2 Å². The van der Waals surface area contributed by atoms with Crippen LogP contribution in [0.1, 0.15) is 40.1 Å². The Hall–Kier alpha value is -1.77. The zero-order chi connectivity index (χ0) is 17.9. The van der Waals surface area contributed by atoms with Crippen molar-refractivity contribution in [1.82, 2.24) is 29.9 Å². The van der Waals surface area contributed by atoms with Gasteiger partial charge >= 0.3 is 0 Å². The van der Waals surface area contributed by atoms with E-state index in [0.29, 0.717) is 11.7 Å². The maximum atomic E-state index is 12.8. The minimum absolute atomic E-state index is 0.0525. The number of aryl methyl sites for hydroxylation is 1. The number of carbonyl (C=O) groups is 1. The lowest BCUT2D eigenvalue weighted by molar-refractivity contribution is 0.0620. The minimum Gasteiger partial charge on any atom is -0.335 e. The van der Waals surface area contributed by atoms with Crippen LogP contribution in [-0.4, -0.2) is 69.7 Å². The molecule has 1 N–H and O–H groups in total. The molecule has 140 valence electrons. The van der Waals surface area contributed by atoms with E-state index < -0.39 is 0 Å². The van der Waals surface area contributed by atoms with Gasteiger partial charge in [-0.15, -0.1) is 11.3 Å². The fourth-order valence-corrected chi connectivity index (χ4v) is 4.30. The molecule has 2 saturated heterocycles. The van der Waals surface area contributed by atoms with Crippen LogP contribution >= 0.6 is 11.3 Å². The molecule has 8 heteroatoms. The van der Waals surface area contributed by atoms with E-state index in [2.05, 4.69) is 25.7 Å². The van der Waals surface area contributed by atoms with Crippen molar-refractivity contribution >= 4 is 17.2 Å². The van der Waals surface area contributed by atoms with E-state index in [1.807, 2.05) is 28.8 Å². The van der Waals surface area contributed by atoms with Gasteiger partial charge in [0, 0.05) is 50.8 Å². The van der Waals surface area contributed by atoms with Crippen LogP contribution in [0.15, 0.2) is 17.6 Å². The van der Waals surface area contributed by atoms with Gasteiger partial charge in [0.25, 0.3) is 5.91 Å². The number of hydrogen-bond acceptors (Lipinski definition) is 6. The first kappa shape index (κ1) is 17.6. The number of piperazine rings is 1. The van der Waals surface area contributed by atoms with Crippen LogP contribution in [0.4, 0.5) is 0 Å². The number of carbonyl (C=O) groups excluding carboxylic acids is 1. The normalized spacial score (nSPS) is 21.9. The highest BCUT2D eigenvalue weighted by Crippen LogP contribution is 2.17. The first-order chi connectivity index (χ1) is 12.7. The number of thiazole rings is 1. The first-order valence-corrected chi connectivity index (χ1v) is 10.3. The Balaban J connectivity index is 1.31. The van der Waals surface area contributed by atoms with Crippen LogP contribution in [0.2, 0.25) is 0 Å². The maximum Gasteiger partial charge on any atom is 0.274 e. The molecule has 0 radical (unpaired) electrons. The van der Waals surface area contributed by atoms with Gasteiger partial charge in [0.2, 0.25) is 0 Å². The topological polar surface area (TPSA) is 66.3 Å². The summed E-state index contributed by atoms with van der Waals surface area (Å²) >= 11 is 1.69. The second-order valence-corrected chi connectivity index (χ2v) is 8.17. The summed E-state index contributed by atoms with van der Waals surface area (Å²) in [6, 6.07) is 2.23. The molecule has 2 aliphatic heterocycles. The molecule has 4 rings (SSSR count). The molecule has 2 aromatic heterocycles. The standard InChI is InChI=1S/C18H26N6OS/c1-14-20-15(13-26-14)12-22-7-9-23(10-8-22)18(25)17-4-6-24(21-17)16-3-2-5-19-11-16/h4,6,13,16,19H,2-3,5,7-12H2,1H3. The first-order valence-electron chi connectivity index (χ1n) is 9.37. The molecule has 1 atom stereocenters. The van der Waals surface area contributed by atoms with Crippen LogP contribution < -0.4 is 5.32 Å². The number of hydrogen-bond donors (Lipinski definition) is 1. The number of rotatable bonds is 4. The van der Waals surface area contributed by atoms with Gasteiger partial charge in [-0.05, 0) is 32.4 Å². The second kappa shape index (κ2) is 7.85. The Labute approximate surface area is 158 Å². The molecule has 2 aromatic rings. The number of aromatic nitrogens is 3. The van der Waals surface area contributed by atoms with E-state index in [0.717, 1.165) is 69.4 Å². The molecule has 4 heterocycles. The Kier molecular flexibility index (Phi) is 5.33. The van der Waals surface area contributed by atoms with E-state index >= 15 is 0 Å². The van der Waals surface area contributed by atoms with Gasteiger partial charge in [0.1, 0.15) is 5.69 Å². The lowest BCUT2D eigenvalue weighted by Crippen LogP contribution is -2.48.